The van der Waals surface area contributed by atoms with Gasteiger partial charge in [-0.1, -0.05) is 15.9 Å². The van der Waals surface area contributed by atoms with Gasteiger partial charge in [-0.3, -0.25) is 4.79 Å². The molecule has 0 aliphatic heterocycles. The van der Waals surface area contributed by atoms with E-state index in [-0.39, 0.29) is 18.0 Å². The Balaban J connectivity index is 2.32. The van der Waals surface area contributed by atoms with Gasteiger partial charge in [-0.15, -0.1) is 0 Å². The van der Waals surface area contributed by atoms with Crippen LogP contribution in [0.25, 0.3) is 0 Å². The van der Waals surface area contributed by atoms with Gasteiger partial charge < -0.3 is 9.47 Å². The van der Waals surface area contributed by atoms with Crippen LogP contribution in [-0.4, -0.2) is 29.0 Å². The number of aromatic nitrogens is 2. The first-order valence-electron chi connectivity index (χ1n) is 8.72. The van der Waals surface area contributed by atoms with Gasteiger partial charge >= 0.3 is 0 Å². The number of Topliss-reactive ketones (excluding diaryl/α,β-unsaturated/α-hetero) is 1. The molecule has 2 aromatic rings. The van der Waals surface area contributed by atoms with Crippen LogP contribution in [0.3, 0.4) is 0 Å². The summed E-state index contributed by atoms with van der Waals surface area (Å²) < 4.78 is 11.9. The van der Waals surface area contributed by atoms with Gasteiger partial charge in [-0.2, -0.15) is 5.26 Å². The van der Waals surface area contributed by atoms with Crippen molar-refractivity contribution >= 4 is 21.7 Å². The number of nitrogens with zero attached hydrogens (tertiary/aromatic N) is 3. The fourth-order valence-corrected chi connectivity index (χ4v) is 3.16. The first-order valence-corrected chi connectivity index (χ1v) is 9.51. The predicted molar refractivity (Wildman–Crippen MR) is 105 cm³/mol. The summed E-state index contributed by atoms with van der Waals surface area (Å²) in [5, 5.41) is 9.52. The quantitative estimate of drug-likeness (QED) is 0.625. The minimum atomic E-state index is -1.02. The zero-order valence-electron chi connectivity index (χ0n) is 15.9. The van der Waals surface area contributed by atoms with E-state index in [0.29, 0.717) is 24.7 Å². The summed E-state index contributed by atoms with van der Waals surface area (Å²) in [6, 6.07) is 7.40. The van der Waals surface area contributed by atoms with Crippen molar-refractivity contribution in [3.05, 3.63) is 45.4 Å². The first kappa shape index (κ1) is 20.8. The summed E-state index contributed by atoms with van der Waals surface area (Å²) in [6.45, 7) is 8.38. The SMILES string of the molecule is CCOc1cc(Br)c(CC(=O)[C@H](C#N)c2nc(C)cc(C)n2)cc1OCC. The lowest BCUT2D eigenvalue weighted by Crippen LogP contribution is -2.17. The molecule has 0 aliphatic carbocycles. The van der Waals surface area contributed by atoms with Gasteiger partial charge in [-0.05, 0) is 51.5 Å². The molecular formula is C20H22BrN3O3. The molecule has 0 bridgehead atoms. The molecule has 0 saturated carbocycles. The molecule has 0 N–H and O–H groups in total. The second kappa shape index (κ2) is 9.47. The number of carbonyl (C=O) groups is 1. The molecule has 0 aliphatic rings. The first-order chi connectivity index (χ1) is 12.9. The van der Waals surface area contributed by atoms with Crippen LogP contribution in [0.4, 0.5) is 0 Å². The Bertz CT molecular complexity index is 857. The minimum absolute atomic E-state index is 0.0572. The average molecular weight is 432 g/mol. The van der Waals surface area contributed by atoms with E-state index in [2.05, 4.69) is 25.9 Å². The number of carbonyl (C=O) groups excluding carboxylic acids is 1. The summed E-state index contributed by atoms with van der Waals surface area (Å²) in [5.74, 6) is 0.137. The highest BCUT2D eigenvalue weighted by Crippen LogP contribution is 2.34. The van der Waals surface area contributed by atoms with Crippen LogP contribution >= 0.6 is 15.9 Å². The van der Waals surface area contributed by atoms with Crippen molar-refractivity contribution in [2.24, 2.45) is 0 Å². The predicted octanol–water partition coefficient (Wildman–Crippen LogP) is 4.07. The van der Waals surface area contributed by atoms with Gasteiger partial charge in [0.2, 0.25) is 0 Å². The molecule has 1 aromatic carbocycles. The lowest BCUT2D eigenvalue weighted by molar-refractivity contribution is -0.118. The second-order valence-electron chi connectivity index (χ2n) is 5.97. The van der Waals surface area contributed by atoms with E-state index in [1.54, 1.807) is 18.2 Å². The van der Waals surface area contributed by atoms with E-state index in [9.17, 15) is 10.1 Å². The minimum Gasteiger partial charge on any atom is -0.490 e. The number of halogens is 1. The van der Waals surface area contributed by atoms with E-state index >= 15 is 0 Å². The summed E-state index contributed by atoms with van der Waals surface area (Å²) in [5.41, 5.74) is 2.18. The third-order valence-electron chi connectivity index (χ3n) is 3.79. The Morgan fingerprint density at radius 1 is 1.11 bits per heavy atom. The van der Waals surface area contributed by atoms with Crippen LogP contribution in [0.15, 0.2) is 22.7 Å². The summed E-state index contributed by atoms with van der Waals surface area (Å²) in [6.07, 6.45) is 0.0572. The van der Waals surface area contributed by atoms with Crippen LogP contribution < -0.4 is 9.47 Å². The molecule has 0 spiro atoms. The maximum atomic E-state index is 12.8. The standard InChI is InChI=1S/C20H22BrN3O3/c1-5-26-18-9-14(16(21)10-19(18)27-6-2)8-17(25)15(11-22)20-23-12(3)7-13(4)24-20/h7,9-10,15H,5-6,8H2,1-4H3/t15-/m0/s1. The van der Waals surface area contributed by atoms with Crippen molar-refractivity contribution in [3.63, 3.8) is 0 Å². The number of nitriles is 1. The van der Waals surface area contributed by atoms with Crippen molar-refractivity contribution < 1.29 is 14.3 Å². The van der Waals surface area contributed by atoms with Crippen molar-refractivity contribution in [2.75, 3.05) is 13.2 Å². The highest BCUT2D eigenvalue weighted by molar-refractivity contribution is 9.10. The molecule has 6 nitrogen and oxygen atoms in total. The zero-order valence-corrected chi connectivity index (χ0v) is 17.5. The smallest absolute Gasteiger partial charge is 0.164 e. The Morgan fingerprint density at radius 3 is 2.19 bits per heavy atom. The van der Waals surface area contributed by atoms with Gasteiger partial charge in [-0.25, -0.2) is 9.97 Å². The number of rotatable bonds is 8. The number of aryl methyl sites for hydroxylation is 2. The number of benzene rings is 1. The van der Waals surface area contributed by atoms with Gasteiger partial charge in [0.1, 0.15) is 0 Å². The van der Waals surface area contributed by atoms with Crippen molar-refractivity contribution in [3.8, 4) is 17.6 Å². The fourth-order valence-electron chi connectivity index (χ4n) is 2.70. The molecule has 1 aromatic heterocycles. The monoisotopic (exact) mass is 431 g/mol. The van der Waals surface area contributed by atoms with E-state index in [1.807, 2.05) is 33.8 Å². The topological polar surface area (TPSA) is 85.1 Å². The Labute approximate surface area is 167 Å². The van der Waals surface area contributed by atoms with Crippen molar-refractivity contribution in [2.45, 2.75) is 40.0 Å². The van der Waals surface area contributed by atoms with Crippen LogP contribution in [0.1, 0.15) is 42.5 Å². The van der Waals surface area contributed by atoms with Gasteiger partial charge in [0.15, 0.2) is 29.0 Å². The van der Waals surface area contributed by atoms with E-state index in [4.69, 9.17) is 9.47 Å². The summed E-state index contributed by atoms with van der Waals surface area (Å²) in [4.78, 5) is 21.3. The molecule has 2 rings (SSSR count). The van der Waals surface area contributed by atoms with Crippen molar-refractivity contribution in [1.82, 2.24) is 9.97 Å². The van der Waals surface area contributed by atoms with E-state index < -0.39 is 5.92 Å². The molecule has 1 atom stereocenters. The lowest BCUT2D eigenvalue weighted by Gasteiger charge is -2.15. The molecular weight excluding hydrogens is 410 g/mol. The normalized spacial score (nSPS) is 11.6. The van der Waals surface area contributed by atoms with Crippen LogP contribution in [0.5, 0.6) is 11.5 Å². The van der Waals surface area contributed by atoms with Crippen molar-refractivity contribution in [1.29, 1.82) is 5.26 Å². The van der Waals surface area contributed by atoms with Crippen LogP contribution in [0, 0.1) is 25.2 Å². The third-order valence-corrected chi connectivity index (χ3v) is 4.52. The summed E-state index contributed by atoms with van der Waals surface area (Å²) in [7, 11) is 0. The highest BCUT2D eigenvalue weighted by atomic mass is 79.9. The fraction of sp³-hybridized carbons (Fsp3) is 0.400. The lowest BCUT2D eigenvalue weighted by atomic mass is 9.97. The molecule has 0 radical (unpaired) electrons. The Kier molecular flexibility index (Phi) is 7.31. The molecule has 142 valence electrons. The molecule has 0 unspecified atom stereocenters. The Morgan fingerprint density at radius 2 is 1.67 bits per heavy atom. The largest absolute Gasteiger partial charge is 0.490 e. The Hall–Kier alpha value is -2.46. The number of ketones is 1. The van der Waals surface area contributed by atoms with Crippen LogP contribution in [-0.2, 0) is 11.2 Å². The number of hydrogen-bond donors (Lipinski definition) is 0. The molecule has 0 saturated heterocycles. The second-order valence-corrected chi connectivity index (χ2v) is 6.82. The molecule has 7 heteroatoms. The van der Waals surface area contributed by atoms with E-state index in [1.165, 1.54) is 0 Å². The molecule has 1 heterocycles. The average Bonchev–Trinajstić information content (AvgIpc) is 2.59. The number of hydrogen-bond acceptors (Lipinski definition) is 6. The number of ether oxygens (including phenoxy) is 2. The van der Waals surface area contributed by atoms with E-state index in [0.717, 1.165) is 21.4 Å². The maximum absolute atomic E-state index is 12.8. The van der Waals surface area contributed by atoms with Gasteiger partial charge in [0.05, 0.1) is 19.3 Å². The van der Waals surface area contributed by atoms with Gasteiger partial charge in [0.25, 0.3) is 0 Å². The van der Waals surface area contributed by atoms with Gasteiger partial charge in [0, 0.05) is 22.3 Å². The molecule has 27 heavy (non-hydrogen) atoms. The highest BCUT2D eigenvalue weighted by Gasteiger charge is 2.25. The maximum Gasteiger partial charge on any atom is 0.164 e. The zero-order chi connectivity index (χ0) is 20.0. The summed E-state index contributed by atoms with van der Waals surface area (Å²) >= 11 is 3.48. The molecule has 0 fully saturated rings. The third kappa shape index (κ3) is 5.27. The molecule has 0 amide bonds. The van der Waals surface area contributed by atoms with Crippen LogP contribution in [0.2, 0.25) is 0 Å².